The van der Waals surface area contributed by atoms with Crippen molar-refractivity contribution in [2.75, 3.05) is 5.32 Å². The van der Waals surface area contributed by atoms with Crippen LogP contribution in [0.2, 0.25) is 0 Å². The predicted octanol–water partition coefficient (Wildman–Crippen LogP) is 4.46. The van der Waals surface area contributed by atoms with E-state index < -0.39 is 0 Å². The van der Waals surface area contributed by atoms with Crippen molar-refractivity contribution < 1.29 is 0 Å². The molecule has 1 aromatic heterocycles. The second-order valence-electron chi connectivity index (χ2n) is 5.12. The smallest absolute Gasteiger partial charge is 0.0422 e. The summed E-state index contributed by atoms with van der Waals surface area (Å²) in [4.78, 5) is 4.33. The van der Waals surface area contributed by atoms with E-state index in [-0.39, 0.29) is 0 Å². The molecule has 2 nitrogen and oxygen atoms in total. The summed E-state index contributed by atoms with van der Waals surface area (Å²) in [6, 6.07) is 14.7. The molecule has 0 amide bonds. The van der Waals surface area contributed by atoms with Crippen molar-refractivity contribution in [3.63, 3.8) is 0 Å². The van der Waals surface area contributed by atoms with Gasteiger partial charge < -0.3 is 5.32 Å². The summed E-state index contributed by atoms with van der Waals surface area (Å²) < 4.78 is 0. The fourth-order valence-electron chi connectivity index (χ4n) is 2.45. The van der Waals surface area contributed by atoms with E-state index in [1.807, 2.05) is 18.5 Å². The van der Waals surface area contributed by atoms with Gasteiger partial charge in [-0.15, -0.1) is 0 Å². The van der Waals surface area contributed by atoms with Crippen LogP contribution in [0.1, 0.15) is 16.7 Å². The lowest BCUT2D eigenvalue weighted by molar-refractivity contribution is 1.12. The molecule has 1 N–H and O–H groups in total. The highest BCUT2D eigenvalue weighted by Crippen LogP contribution is 2.21. The van der Waals surface area contributed by atoms with Gasteiger partial charge in [0.1, 0.15) is 0 Å². The lowest BCUT2D eigenvalue weighted by Crippen LogP contribution is -2.02. The normalized spacial score (nSPS) is 10.7. The first-order valence-electron chi connectivity index (χ1n) is 6.87. The van der Waals surface area contributed by atoms with Gasteiger partial charge in [0.2, 0.25) is 0 Å². The SMILES string of the molecule is Cc1cccc(NCc2cncc3ccccc23)c1C. The van der Waals surface area contributed by atoms with Crippen molar-refractivity contribution in [2.24, 2.45) is 0 Å². The number of rotatable bonds is 3. The largest absolute Gasteiger partial charge is 0.381 e. The van der Waals surface area contributed by atoms with Crippen LogP contribution in [-0.4, -0.2) is 4.98 Å². The second kappa shape index (κ2) is 5.33. The minimum absolute atomic E-state index is 0.790. The van der Waals surface area contributed by atoms with Gasteiger partial charge in [0.15, 0.2) is 0 Å². The molecule has 0 fully saturated rings. The molecule has 1 heterocycles. The Hall–Kier alpha value is -2.35. The Balaban J connectivity index is 1.89. The van der Waals surface area contributed by atoms with Crippen molar-refractivity contribution in [2.45, 2.75) is 20.4 Å². The minimum atomic E-state index is 0.790. The van der Waals surface area contributed by atoms with E-state index in [1.165, 1.54) is 33.2 Å². The van der Waals surface area contributed by atoms with Crippen molar-refractivity contribution in [1.82, 2.24) is 4.98 Å². The van der Waals surface area contributed by atoms with E-state index in [2.05, 4.69) is 60.5 Å². The Bertz CT molecular complexity index is 742. The molecule has 0 aliphatic heterocycles. The molecule has 100 valence electrons. The summed E-state index contributed by atoms with van der Waals surface area (Å²) in [6.45, 7) is 5.08. The van der Waals surface area contributed by atoms with Gasteiger partial charge in [-0.05, 0) is 42.0 Å². The zero-order valence-electron chi connectivity index (χ0n) is 11.9. The van der Waals surface area contributed by atoms with Crippen LogP contribution in [0.15, 0.2) is 54.9 Å². The molecule has 0 unspecified atom stereocenters. The Morgan fingerprint density at radius 3 is 2.70 bits per heavy atom. The number of pyridine rings is 1. The van der Waals surface area contributed by atoms with E-state index >= 15 is 0 Å². The van der Waals surface area contributed by atoms with Crippen LogP contribution in [0, 0.1) is 13.8 Å². The summed E-state index contributed by atoms with van der Waals surface area (Å²) in [6.07, 6.45) is 3.86. The molecule has 3 aromatic rings. The average molecular weight is 262 g/mol. The van der Waals surface area contributed by atoms with Crippen LogP contribution >= 0.6 is 0 Å². The van der Waals surface area contributed by atoms with Crippen molar-refractivity contribution in [3.8, 4) is 0 Å². The number of fused-ring (bicyclic) bond motifs is 1. The maximum absolute atomic E-state index is 4.33. The maximum atomic E-state index is 4.33. The molecule has 3 rings (SSSR count). The number of hydrogen-bond donors (Lipinski definition) is 1. The van der Waals surface area contributed by atoms with Crippen LogP contribution in [0.25, 0.3) is 10.8 Å². The Labute approximate surface area is 119 Å². The monoisotopic (exact) mass is 262 g/mol. The number of hydrogen-bond acceptors (Lipinski definition) is 2. The molecule has 2 heteroatoms. The maximum Gasteiger partial charge on any atom is 0.0422 e. The van der Waals surface area contributed by atoms with Crippen LogP contribution in [0.5, 0.6) is 0 Å². The van der Waals surface area contributed by atoms with Gasteiger partial charge in [0.25, 0.3) is 0 Å². The zero-order chi connectivity index (χ0) is 13.9. The molecule has 0 aliphatic rings. The van der Waals surface area contributed by atoms with Gasteiger partial charge in [-0.2, -0.15) is 0 Å². The average Bonchev–Trinajstić information content (AvgIpc) is 2.49. The molecule has 0 spiro atoms. The first kappa shape index (κ1) is 12.7. The summed E-state index contributed by atoms with van der Waals surface area (Å²) in [7, 11) is 0. The van der Waals surface area contributed by atoms with Gasteiger partial charge in [-0.3, -0.25) is 4.98 Å². The zero-order valence-corrected chi connectivity index (χ0v) is 11.9. The summed E-state index contributed by atoms with van der Waals surface area (Å²) in [5.74, 6) is 0. The van der Waals surface area contributed by atoms with Gasteiger partial charge in [-0.1, -0.05) is 36.4 Å². The third-order valence-corrected chi connectivity index (χ3v) is 3.82. The van der Waals surface area contributed by atoms with Crippen LogP contribution < -0.4 is 5.32 Å². The number of aryl methyl sites for hydroxylation is 1. The molecule has 0 atom stereocenters. The number of anilines is 1. The lowest BCUT2D eigenvalue weighted by Gasteiger charge is -2.12. The Kier molecular flexibility index (Phi) is 3.38. The topological polar surface area (TPSA) is 24.9 Å². The quantitative estimate of drug-likeness (QED) is 0.753. The lowest BCUT2D eigenvalue weighted by atomic mass is 10.1. The third kappa shape index (κ3) is 2.37. The van der Waals surface area contributed by atoms with Gasteiger partial charge in [0.05, 0.1) is 0 Å². The molecular weight excluding hydrogens is 244 g/mol. The first-order valence-corrected chi connectivity index (χ1v) is 6.87. The van der Waals surface area contributed by atoms with E-state index in [1.54, 1.807) is 0 Å². The second-order valence-corrected chi connectivity index (χ2v) is 5.12. The predicted molar refractivity (Wildman–Crippen MR) is 85.0 cm³/mol. The van der Waals surface area contributed by atoms with E-state index in [0.717, 1.165) is 6.54 Å². The van der Waals surface area contributed by atoms with E-state index in [9.17, 15) is 0 Å². The van der Waals surface area contributed by atoms with Gasteiger partial charge in [0, 0.05) is 30.0 Å². The summed E-state index contributed by atoms with van der Waals surface area (Å²) in [5, 5.41) is 5.97. The van der Waals surface area contributed by atoms with Crippen molar-refractivity contribution >= 4 is 16.5 Å². The minimum Gasteiger partial charge on any atom is -0.381 e. The standard InChI is InChI=1S/C18H18N2/c1-13-6-5-9-18(14(13)2)20-12-16-11-19-10-15-7-3-4-8-17(15)16/h3-11,20H,12H2,1-2H3. The number of aromatic nitrogens is 1. The summed E-state index contributed by atoms with van der Waals surface area (Å²) >= 11 is 0. The van der Waals surface area contributed by atoms with E-state index in [4.69, 9.17) is 0 Å². The highest BCUT2D eigenvalue weighted by Gasteiger charge is 2.03. The molecule has 0 saturated carbocycles. The molecule has 20 heavy (non-hydrogen) atoms. The van der Waals surface area contributed by atoms with Crippen LogP contribution in [0.4, 0.5) is 5.69 Å². The number of nitrogens with one attached hydrogen (secondary N) is 1. The molecule has 0 radical (unpaired) electrons. The fourth-order valence-corrected chi connectivity index (χ4v) is 2.45. The molecule has 0 saturated heterocycles. The number of nitrogens with zero attached hydrogens (tertiary/aromatic N) is 1. The highest BCUT2D eigenvalue weighted by atomic mass is 14.9. The van der Waals surface area contributed by atoms with Crippen molar-refractivity contribution in [3.05, 3.63) is 71.5 Å². The van der Waals surface area contributed by atoms with Crippen LogP contribution in [0.3, 0.4) is 0 Å². The highest BCUT2D eigenvalue weighted by molar-refractivity contribution is 5.84. The van der Waals surface area contributed by atoms with Crippen LogP contribution in [-0.2, 0) is 6.54 Å². The van der Waals surface area contributed by atoms with E-state index in [0.29, 0.717) is 0 Å². The van der Waals surface area contributed by atoms with Crippen molar-refractivity contribution in [1.29, 1.82) is 0 Å². The molecule has 0 aliphatic carbocycles. The van der Waals surface area contributed by atoms with Gasteiger partial charge in [-0.25, -0.2) is 0 Å². The molecule has 2 aromatic carbocycles. The fraction of sp³-hybridized carbons (Fsp3) is 0.167. The van der Waals surface area contributed by atoms with Gasteiger partial charge >= 0.3 is 0 Å². The first-order chi connectivity index (χ1) is 9.75. The Morgan fingerprint density at radius 1 is 0.950 bits per heavy atom. The third-order valence-electron chi connectivity index (χ3n) is 3.82. The number of benzene rings is 2. The Morgan fingerprint density at radius 2 is 1.80 bits per heavy atom. The molecular formula is C18H18N2. The molecule has 0 bridgehead atoms. The summed E-state index contributed by atoms with van der Waals surface area (Å²) in [5.41, 5.74) is 5.04.